The molecule has 116 valence electrons. The van der Waals surface area contributed by atoms with Crippen molar-refractivity contribution >= 4 is 0 Å². The first kappa shape index (κ1) is 14.8. The molecule has 3 rings (SSSR count). The Morgan fingerprint density at radius 1 is 1.05 bits per heavy atom. The van der Waals surface area contributed by atoms with Crippen LogP contribution in [0.5, 0.6) is 0 Å². The van der Waals surface area contributed by atoms with Gasteiger partial charge >= 0.3 is 0 Å². The molecule has 2 saturated heterocycles. The zero-order valence-corrected chi connectivity index (χ0v) is 13.3. The predicted octanol–water partition coefficient (Wildman–Crippen LogP) is 2.45. The molecule has 3 fully saturated rings. The van der Waals surface area contributed by atoms with Crippen LogP contribution >= 0.6 is 0 Å². The summed E-state index contributed by atoms with van der Waals surface area (Å²) in [6.45, 7) is 8.38. The minimum Gasteiger partial charge on any atom is -0.329 e. The SMILES string of the molecule is CCC1CCC(CN)(N2CCN3CCCCC3C2)CC1. The van der Waals surface area contributed by atoms with Crippen LogP contribution in [0.3, 0.4) is 0 Å². The summed E-state index contributed by atoms with van der Waals surface area (Å²) in [7, 11) is 0. The normalized spacial score (nSPS) is 40.5. The van der Waals surface area contributed by atoms with Crippen LogP contribution in [-0.4, -0.2) is 54.1 Å². The van der Waals surface area contributed by atoms with E-state index in [0.717, 1.165) is 18.5 Å². The highest BCUT2D eigenvalue weighted by molar-refractivity contribution is 4.99. The topological polar surface area (TPSA) is 32.5 Å². The second kappa shape index (κ2) is 6.33. The molecule has 0 radical (unpaired) electrons. The van der Waals surface area contributed by atoms with E-state index in [1.807, 2.05) is 0 Å². The molecule has 0 spiro atoms. The molecule has 3 aliphatic rings. The number of nitrogens with zero attached hydrogens (tertiary/aromatic N) is 2. The third-order valence-electron chi connectivity index (χ3n) is 6.50. The van der Waals surface area contributed by atoms with Crippen LogP contribution < -0.4 is 5.73 Å². The van der Waals surface area contributed by atoms with E-state index < -0.39 is 0 Å². The Kier molecular flexibility index (Phi) is 4.68. The average molecular weight is 279 g/mol. The largest absolute Gasteiger partial charge is 0.329 e. The molecule has 0 aromatic carbocycles. The summed E-state index contributed by atoms with van der Waals surface area (Å²) in [6, 6.07) is 0.824. The van der Waals surface area contributed by atoms with Crippen molar-refractivity contribution in [2.45, 2.75) is 69.9 Å². The zero-order chi connectivity index (χ0) is 14.0. The Labute approximate surface area is 124 Å². The second-order valence-corrected chi connectivity index (χ2v) is 7.41. The molecule has 3 heteroatoms. The maximum absolute atomic E-state index is 6.27. The summed E-state index contributed by atoms with van der Waals surface area (Å²) in [5, 5.41) is 0. The number of fused-ring (bicyclic) bond motifs is 1. The maximum atomic E-state index is 6.27. The molecular weight excluding hydrogens is 246 g/mol. The number of rotatable bonds is 3. The van der Waals surface area contributed by atoms with Crippen LogP contribution in [0.25, 0.3) is 0 Å². The number of hydrogen-bond acceptors (Lipinski definition) is 3. The third kappa shape index (κ3) is 2.77. The molecule has 1 atom stereocenters. The summed E-state index contributed by atoms with van der Waals surface area (Å²) in [5.41, 5.74) is 6.61. The van der Waals surface area contributed by atoms with Crippen LogP contribution in [0.15, 0.2) is 0 Å². The summed E-state index contributed by atoms with van der Waals surface area (Å²) in [5.74, 6) is 0.964. The first-order valence-electron chi connectivity index (χ1n) is 8.96. The molecule has 1 aliphatic carbocycles. The summed E-state index contributed by atoms with van der Waals surface area (Å²) < 4.78 is 0. The van der Waals surface area contributed by atoms with Gasteiger partial charge in [0.05, 0.1) is 0 Å². The van der Waals surface area contributed by atoms with Gasteiger partial charge in [-0.15, -0.1) is 0 Å². The third-order valence-corrected chi connectivity index (χ3v) is 6.50. The molecule has 3 nitrogen and oxygen atoms in total. The Morgan fingerprint density at radius 2 is 1.85 bits per heavy atom. The van der Waals surface area contributed by atoms with E-state index in [0.29, 0.717) is 5.54 Å². The van der Waals surface area contributed by atoms with Crippen molar-refractivity contribution in [3.8, 4) is 0 Å². The molecule has 2 N–H and O–H groups in total. The fraction of sp³-hybridized carbons (Fsp3) is 1.00. The second-order valence-electron chi connectivity index (χ2n) is 7.41. The van der Waals surface area contributed by atoms with Gasteiger partial charge in [-0.1, -0.05) is 19.8 Å². The van der Waals surface area contributed by atoms with Crippen molar-refractivity contribution < 1.29 is 0 Å². The Balaban J connectivity index is 1.64. The monoisotopic (exact) mass is 279 g/mol. The Hall–Kier alpha value is -0.120. The molecule has 20 heavy (non-hydrogen) atoms. The Bertz CT molecular complexity index is 309. The fourth-order valence-corrected chi connectivity index (χ4v) is 4.86. The molecule has 2 heterocycles. The first-order valence-corrected chi connectivity index (χ1v) is 8.96. The molecule has 1 unspecified atom stereocenters. The van der Waals surface area contributed by atoms with E-state index in [1.165, 1.54) is 77.5 Å². The molecular formula is C17H33N3. The van der Waals surface area contributed by atoms with Gasteiger partial charge in [0.1, 0.15) is 0 Å². The minimum absolute atomic E-state index is 0.342. The number of piperazine rings is 1. The molecule has 0 bridgehead atoms. The minimum atomic E-state index is 0.342. The molecule has 2 aliphatic heterocycles. The van der Waals surface area contributed by atoms with Crippen LogP contribution in [0.4, 0.5) is 0 Å². The highest BCUT2D eigenvalue weighted by atomic mass is 15.3. The van der Waals surface area contributed by atoms with Gasteiger partial charge in [-0.25, -0.2) is 0 Å². The van der Waals surface area contributed by atoms with Gasteiger partial charge in [0.25, 0.3) is 0 Å². The fourth-order valence-electron chi connectivity index (χ4n) is 4.86. The van der Waals surface area contributed by atoms with E-state index in [1.54, 1.807) is 0 Å². The lowest BCUT2D eigenvalue weighted by molar-refractivity contribution is -0.0320. The summed E-state index contributed by atoms with van der Waals surface area (Å²) in [6.07, 6.45) is 11.1. The van der Waals surface area contributed by atoms with E-state index in [4.69, 9.17) is 5.73 Å². The molecule has 1 saturated carbocycles. The van der Waals surface area contributed by atoms with Gasteiger partial charge in [0, 0.05) is 37.8 Å². The van der Waals surface area contributed by atoms with Crippen molar-refractivity contribution in [1.82, 2.24) is 9.80 Å². The van der Waals surface area contributed by atoms with Gasteiger partial charge in [0.2, 0.25) is 0 Å². The summed E-state index contributed by atoms with van der Waals surface area (Å²) in [4.78, 5) is 5.53. The highest BCUT2D eigenvalue weighted by Gasteiger charge is 2.42. The van der Waals surface area contributed by atoms with Gasteiger partial charge in [0.15, 0.2) is 0 Å². The zero-order valence-electron chi connectivity index (χ0n) is 13.3. The van der Waals surface area contributed by atoms with Crippen molar-refractivity contribution in [2.75, 3.05) is 32.7 Å². The van der Waals surface area contributed by atoms with Crippen LogP contribution in [-0.2, 0) is 0 Å². The van der Waals surface area contributed by atoms with Gasteiger partial charge in [-0.2, -0.15) is 0 Å². The average Bonchev–Trinajstić information content (AvgIpc) is 2.54. The number of nitrogens with two attached hydrogens (primary N) is 1. The van der Waals surface area contributed by atoms with Crippen molar-refractivity contribution in [3.05, 3.63) is 0 Å². The predicted molar refractivity (Wildman–Crippen MR) is 84.8 cm³/mol. The van der Waals surface area contributed by atoms with E-state index >= 15 is 0 Å². The lowest BCUT2D eigenvalue weighted by Crippen LogP contribution is -2.64. The van der Waals surface area contributed by atoms with Gasteiger partial charge in [-0.3, -0.25) is 9.80 Å². The lowest BCUT2D eigenvalue weighted by atomic mass is 9.74. The standard InChI is InChI=1S/C17H33N3/c1-2-15-6-8-17(14-18,9-7-15)20-12-11-19-10-4-3-5-16(19)13-20/h15-16H,2-14,18H2,1H3. The van der Waals surface area contributed by atoms with Crippen LogP contribution in [0.1, 0.15) is 58.3 Å². The van der Waals surface area contributed by atoms with Crippen molar-refractivity contribution in [1.29, 1.82) is 0 Å². The van der Waals surface area contributed by atoms with Gasteiger partial charge < -0.3 is 5.73 Å². The van der Waals surface area contributed by atoms with Crippen molar-refractivity contribution in [2.24, 2.45) is 11.7 Å². The lowest BCUT2D eigenvalue weighted by Gasteiger charge is -2.53. The Morgan fingerprint density at radius 3 is 2.55 bits per heavy atom. The van der Waals surface area contributed by atoms with Crippen LogP contribution in [0, 0.1) is 5.92 Å². The van der Waals surface area contributed by atoms with E-state index in [9.17, 15) is 0 Å². The van der Waals surface area contributed by atoms with E-state index in [-0.39, 0.29) is 0 Å². The highest BCUT2D eigenvalue weighted by Crippen LogP contribution is 2.38. The van der Waals surface area contributed by atoms with Crippen LogP contribution in [0.2, 0.25) is 0 Å². The summed E-state index contributed by atoms with van der Waals surface area (Å²) >= 11 is 0. The molecule has 0 aromatic rings. The molecule has 0 amide bonds. The van der Waals surface area contributed by atoms with E-state index in [2.05, 4.69) is 16.7 Å². The molecule has 0 aromatic heterocycles. The number of piperidine rings is 1. The quantitative estimate of drug-likeness (QED) is 0.861. The smallest absolute Gasteiger partial charge is 0.0333 e. The van der Waals surface area contributed by atoms with Gasteiger partial charge in [-0.05, 0) is 51.0 Å². The van der Waals surface area contributed by atoms with Crippen molar-refractivity contribution in [3.63, 3.8) is 0 Å². The first-order chi connectivity index (χ1) is 9.77. The number of hydrogen-bond donors (Lipinski definition) is 1. The maximum Gasteiger partial charge on any atom is 0.0333 e.